The minimum Gasteiger partial charge on any atom is -0.507 e. The molecule has 164 valence electrons. The summed E-state index contributed by atoms with van der Waals surface area (Å²) in [6.45, 7) is 2.51. The molecular weight excluding hydrogens is 418 g/mol. The van der Waals surface area contributed by atoms with Crippen molar-refractivity contribution < 1.29 is 19.4 Å². The first-order valence-electron chi connectivity index (χ1n) is 10.5. The Kier molecular flexibility index (Phi) is 6.18. The van der Waals surface area contributed by atoms with E-state index in [4.69, 9.17) is 10.00 Å². The Hall–Kier alpha value is -4.44. The van der Waals surface area contributed by atoms with Gasteiger partial charge in [-0.25, -0.2) is 0 Å². The van der Waals surface area contributed by atoms with Crippen molar-refractivity contribution in [2.24, 2.45) is 0 Å². The number of ketones is 1. The number of ether oxygens (including phenoxy) is 1. The second-order valence-corrected chi connectivity index (χ2v) is 7.49. The van der Waals surface area contributed by atoms with Crippen LogP contribution in [0.25, 0.3) is 5.76 Å². The number of Topliss-reactive ketones (excluding diaryl/α,β-unsaturated/α-hetero) is 1. The number of aliphatic hydroxyl groups excluding tert-OH is 1. The van der Waals surface area contributed by atoms with E-state index in [0.29, 0.717) is 34.7 Å². The topological polar surface area (TPSA) is 104 Å². The van der Waals surface area contributed by atoms with Crippen LogP contribution in [0.4, 0.5) is 5.69 Å². The lowest BCUT2D eigenvalue weighted by molar-refractivity contribution is -0.132. The predicted molar refractivity (Wildman–Crippen MR) is 122 cm³/mol. The number of carbonyl (C=O) groups excluding carboxylic acids is 2. The van der Waals surface area contributed by atoms with E-state index in [-0.39, 0.29) is 11.3 Å². The van der Waals surface area contributed by atoms with Gasteiger partial charge in [-0.2, -0.15) is 5.26 Å². The lowest BCUT2D eigenvalue weighted by atomic mass is 9.96. The fourth-order valence-corrected chi connectivity index (χ4v) is 3.76. The summed E-state index contributed by atoms with van der Waals surface area (Å²) in [6.07, 6.45) is 3.97. The number of hydrogen-bond acceptors (Lipinski definition) is 6. The van der Waals surface area contributed by atoms with Crippen LogP contribution in [0.2, 0.25) is 0 Å². The van der Waals surface area contributed by atoms with Crippen LogP contribution in [0.5, 0.6) is 5.75 Å². The van der Waals surface area contributed by atoms with Gasteiger partial charge in [-0.3, -0.25) is 19.5 Å². The zero-order chi connectivity index (χ0) is 23.4. The molecule has 1 aromatic heterocycles. The third-order valence-corrected chi connectivity index (χ3v) is 5.30. The zero-order valence-electron chi connectivity index (χ0n) is 17.9. The molecule has 7 heteroatoms. The van der Waals surface area contributed by atoms with Gasteiger partial charge in [-0.05, 0) is 54.4 Å². The summed E-state index contributed by atoms with van der Waals surface area (Å²) in [4.78, 5) is 31.7. The fraction of sp³-hybridized carbons (Fsp3) is 0.154. The lowest BCUT2D eigenvalue weighted by Gasteiger charge is -2.25. The largest absolute Gasteiger partial charge is 0.507 e. The van der Waals surface area contributed by atoms with Crippen LogP contribution in [-0.4, -0.2) is 28.4 Å². The van der Waals surface area contributed by atoms with Crippen LogP contribution in [0, 0.1) is 11.3 Å². The number of anilines is 1. The van der Waals surface area contributed by atoms with Crippen molar-refractivity contribution in [1.82, 2.24) is 4.98 Å². The zero-order valence-corrected chi connectivity index (χ0v) is 17.9. The molecule has 1 N–H and O–H groups in total. The normalized spacial score (nSPS) is 17.1. The highest BCUT2D eigenvalue weighted by Gasteiger charge is 2.47. The number of carbonyl (C=O) groups is 2. The summed E-state index contributed by atoms with van der Waals surface area (Å²) < 4.78 is 5.65. The van der Waals surface area contributed by atoms with E-state index in [1.165, 1.54) is 4.90 Å². The average Bonchev–Trinajstić information content (AvgIpc) is 3.13. The quantitative estimate of drug-likeness (QED) is 0.348. The average molecular weight is 439 g/mol. The minimum atomic E-state index is -0.883. The van der Waals surface area contributed by atoms with Gasteiger partial charge < -0.3 is 9.84 Å². The van der Waals surface area contributed by atoms with E-state index < -0.39 is 17.7 Å². The Bertz CT molecular complexity index is 1260. The molecule has 1 saturated heterocycles. The number of amides is 1. The molecule has 0 aliphatic carbocycles. The summed E-state index contributed by atoms with van der Waals surface area (Å²) in [7, 11) is 0. The van der Waals surface area contributed by atoms with E-state index in [2.05, 4.69) is 4.98 Å². The number of benzene rings is 2. The lowest BCUT2D eigenvalue weighted by Crippen LogP contribution is -2.29. The molecule has 0 saturated carbocycles. The van der Waals surface area contributed by atoms with Crippen molar-refractivity contribution in [1.29, 1.82) is 5.26 Å². The molecule has 1 aliphatic rings. The summed E-state index contributed by atoms with van der Waals surface area (Å²) in [5.74, 6) is -1.31. The maximum Gasteiger partial charge on any atom is 0.300 e. The molecule has 1 fully saturated rings. The molecule has 1 aliphatic heterocycles. The highest BCUT2D eigenvalue weighted by molar-refractivity contribution is 6.51. The van der Waals surface area contributed by atoms with E-state index in [1.54, 1.807) is 73.1 Å². The number of pyridine rings is 1. The van der Waals surface area contributed by atoms with Crippen LogP contribution < -0.4 is 9.64 Å². The molecule has 1 unspecified atom stereocenters. The van der Waals surface area contributed by atoms with Crippen LogP contribution in [0.3, 0.4) is 0 Å². The molecule has 0 spiro atoms. The molecule has 1 amide bonds. The first-order valence-corrected chi connectivity index (χ1v) is 10.5. The predicted octanol–water partition coefficient (Wildman–Crippen LogP) is 4.37. The summed E-state index contributed by atoms with van der Waals surface area (Å²) in [6, 6.07) is 17.7. The smallest absolute Gasteiger partial charge is 0.300 e. The van der Waals surface area contributed by atoms with Gasteiger partial charge in [-0.1, -0.05) is 25.1 Å². The SMILES string of the molecule is CCCOc1cccc(/C(O)=C2/C(=O)C(=O)N(c3ccc(C#N)cc3)C2c2cccnc2)c1. The molecule has 2 aromatic carbocycles. The third-order valence-electron chi connectivity index (χ3n) is 5.30. The maximum absolute atomic E-state index is 13.2. The van der Waals surface area contributed by atoms with Crippen LogP contribution >= 0.6 is 0 Å². The van der Waals surface area contributed by atoms with Crippen molar-refractivity contribution in [3.63, 3.8) is 0 Å². The number of nitrogens with zero attached hydrogens (tertiary/aromatic N) is 3. The molecule has 33 heavy (non-hydrogen) atoms. The van der Waals surface area contributed by atoms with Gasteiger partial charge in [0.15, 0.2) is 0 Å². The van der Waals surface area contributed by atoms with Crippen LogP contribution in [0.1, 0.15) is 36.1 Å². The molecule has 0 radical (unpaired) electrons. The van der Waals surface area contributed by atoms with E-state index >= 15 is 0 Å². The Morgan fingerprint density at radius 3 is 2.61 bits per heavy atom. The number of aliphatic hydroxyl groups is 1. The molecule has 3 aromatic rings. The van der Waals surface area contributed by atoms with Crippen molar-refractivity contribution in [3.8, 4) is 11.8 Å². The second kappa shape index (κ2) is 9.37. The first-order chi connectivity index (χ1) is 16.0. The Labute approximate surface area is 191 Å². The number of hydrogen-bond donors (Lipinski definition) is 1. The number of rotatable bonds is 6. The standard InChI is InChI=1S/C26H21N3O4/c1-2-13-33-21-7-3-5-18(14-21)24(30)22-23(19-6-4-12-28-16-19)29(26(32)25(22)31)20-10-8-17(15-27)9-11-20/h3-12,14,16,23,30H,2,13H2,1H3/b24-22-. The van der Waals surface area contributed by atoms with Gasteiger partial charge in [0.2, 0.25) is 0 Å². The van der Waals surface area contributed by atoms with E-state index in [0.717, 1.165) is 6.42 Å². The molecule has 2 heterocycles. The number of nitriles is 1. The van der Waals surface area contributed by atoms with Crippen molar-refractivity contribution in [2.45, 2.75) is 19.4 Å². The van der Waals surface area contributed by atoms with Crippen LogP contribution in [-0.2, 0) is 9.59 Å². The molecule has 4 rings (SSSR count). The van der Waals surface area contributed by atoms with E-state index in [9.17, 15) is 14.7 Å². The molecule has 1 atom stereocenters. The first kappa shape index (κ1) is 21.8. The third kappa shape index (κ3) is 4.19. The minimum absolute atomic E-state index is 0.0370. The van der Waals surface area contributed by atoms with Gasteiger partial charge in [0, 0.05) is 23.6 Å². The molecule has 7 nitrogen and oxygen atoms in total. The molecule has 0 bridgehead atoms. The summed E-state index contributed by atoms with van der Waals surface area (Å²) >= 11 is 0. The fourth-order valence-electron chi connectivity index (χ4n) is 3.76. The van der Waals surface area contributed by atoms with Gasteiger partial charge >= 0.3 is 0 Å². The van der Waals surface area contributed by atoms with Crippen molar-refractivity contribution >= 4 is 23.1 Å². The highest BCUT2D eigenvalue weighted by atomic mass is 16.5. The van der Waals surface area contributed by atoms with Gasteiger partial charge in [0.1, 0.15) is 11.5 Å². The monoisotopic (exact) mass is 439 g/mol. The van der Waals surface area contributed by atoms with Crippen molar-refractivity contribution in [2.75, 3.05) is 11.5 Å². The Balaban J connectivity index is 1.86. The van der Waals surface area contributed by atoms with Crippen LogP contribution in [0.15, 0.2) is 78.6 Å². The Morgan fingerprint density at radius 2 is 1.94 bits per heavy atom. The molecular formula is C26H21N3O4. The van der Waals surface area contributed by atoms with Crippen molar-refractivity contribution in [3.05, 3.63) is 95.3 Å². The van der Waals surface area contributed by atoms with Gasteiger partial charge in [0.25, 0.3) is 11.7 Å². The summed E-state index contributed by atoms with van der Waals surface area (Å²) in [5.41, 5.74) is 1.77. The second-order valence-electron chi connectivity index (χ2n) is 7.49. The maximum atomic E-state index is 13.2. The summed E-state index contributed by atoms with van der Waals surface area (Å²) in [5, 5.41) is 20.3. The van der Waals surface area contributed by atoms with Gasteiger partial charge in [0.05, 0.1) is 29.9 Å². The van der Waals surface area contributed by atoms with E-state index in [1.807, 2.05) is 13.0 Å². The number of aromatic nitrogens is 1. The van der Waals surface area contributed by atoms with Gasteiger partial charge in [-0.15, -0.1) is 0 Å². The Morgan fingerprint density at radius 1 is 1.15 bits per heavy atom. The highest BCUT2D eigenvalue weighted by Crippen LogP contribution is 2.42.